The van der Waals surface area contributed by atoms with Gasteiger partial charge in [-0.3, -0.25) is 14.4 Å². The average molecular weight is 622 g/mol. The van der Waals surface area contributed by atoms with Crippen molar-refractivity contribution in [2.24, 2.45) is 11.8 Å². The van der Waals surface area contributed by atoms with Crippen molar-refractivity contribution < 1.29 is 24.6 Å². The lowest BCUT2D eigenvalue weighted by Gasteiger charge is -2.40. The van der Waals surface area contributed by atoms with Gasteiger partial charge in [0.15, 0.2) is 0 Å². The smallest absolute Gasteiger partial charge is 0.308 e. The van der Waals surface area contributed by atoms with E-state index in [1.54, 1.807) is 11.0 Å². The maximum absolute atomic E-state index is 14.8. The first-order valence-electron chi connectivity index (χ1n) is 13.3. The van der Waals surface area contributed by atoms with Crippen LogP contribution in [0.3, 0.4) is 0 Å². The van der Waals surface area contributed by atoms with E-state index in [1.165, 1.54) is 16.7 Å². The normalized spacial score (nSPS) is 29.4. The van der Waals surface area contributed by atoms with E-state index >= 15 is 0 Å². The standard InChI is InChI=1S/C31H29BrN2O5S/c1-2-14-33(21-13-12-18-8-6-7-11-20(18)15-21)29(37)27-31-16-22(32)26(40-31)24(30(38)39)25(31)28(36)34(27)23(17-35)19-9-4-3-5-10-19/h2-13,15,22-27,35H,1,14,16-17H2,(H,38,39)/t22?,23-,24-,25+,26-,27?,31?/m1/s1. The van der Waals surface area contributed by atoms with Gasteiger partial charge in [-0.2, -0.15) is 0 Å². The lowest BCUT2D eigenvalue weighted by Crippen LogP contribution is -2.56. The number of aliphatic hydroxyl groups is 1. The van der Waals surface area contributed by atoms with E-state index in [4.69, 9.17) is 0 Å². The van der Waals surface area contributed by atoms with Gasteiger partial charge in [-0.15, -0.1) is 18.3 Å². The molecule has 9 heteroatoms. The van der Waals surface area contributed by atoms with Crippen LogP contribution in [0.5, 0.6) is 0 Å². The minimum atomic E-state index is -1.03. The summed E-state index contributed by atoms with van der Waals surface area (Å²) in [6.07, 6.45) is 2.12. The van der Waals surface area contributed by atoms with E-state index < -0.39 is 41.2 Å². The molecule has 3 aromatic rings. The van der Waals surface area contributed by atoms with Crippen molar-refractivity contribution in [2.75, 3.05) is 18.1 Å². The molecule has 3 heterocycles. The van der Waals surface area contributed by atoms with Crippen LogP contribution in [0.15, 0.2) is 85.5 Å². The molecule has 3 saturated heterocycles. The van der Waals surface area contributed by atoms with Gasteiger partial charge in [0.25, 0.3) is 5.91 Å². The van der Waals surface area contributed by atoms with Gasteiger partial charge in [0.1, 0.15) is 6.04 Å². The third-order valence-corrected chi connectivity index (χ3v) is 11.8. The number of aliphatic hydroxyl groups excluding tert-OH is 1. The Labute approximate surface area is 245 Å². The van der Waals surface area contributed by atoms with Gasteiger partial charge >= 0.3 is 5.97 Å². The highest BCUT2D eigenvalue weighted by Crippen LogP contribution is 2.68. The van der Waals surface area contributed by atoms with Gasteiger partial charge in [0.2, 0.25) is 5.91 Å². The predicted molar refractivity (Wildman–Crippen MR) is 159 cm³/mol. The number of alkyl halides is 1. The molecule has 1 spiro atoms. The fraction of sp³-hybridized carbons (Fsp3) is 0.323. The Bertz CT molecular complexity index is 1500. The summed E-state index contributed by atoms with van der Waals surface area (Å²) in [5.41, 5.74) is 1.36. The van der Waals surface area contributed by atoms with Crippen molar-refractivity contribution in [2.45, 2.75) is 33.3 Å². The highest BCUT2D eigenvalue weighted by atomic mass is 79.9. The molecule has 3 fully saturated rings. The summed E-state index contributed by atoms with van der Waals surface area (Å²) < 4.78 is -0.950. The third kappa shape index (κ3) is 4.01. The summed E-state index contributed by atoms with van der Waals surface area (Å²) in [7, 11) is 0. The van der Waals surface area contributed by atoms with E-state index in [0.717, 1.165) is 10.8 Å². The summed E-state index contributed by atoms with van der Waals surface area (Å²) in [5.74, 6) is -3.53. The molecule has 2 bridgehead atoms. The molecule has 3 unspecified atom stereocenters. The van der Waals surface area contributed by atoms with Crippen LogP contribution in [0, 0.1) is 11.8 Å². The van der Waals surface area contributed by atoms with Crippen molar-refractivity contribution in [3.63, 3.8) is 0 Å². The van der Waals surface area contributed by atoms with E-state index in [2.05, 4.69) is 22.5 Å². The molecular weight excluding hydrogens is 592 g/mol. The number of aliphatic carboxylic acids is 1. The summed E-state index contributed by atoms with van der Waals surface area (Å²) >= 11 is 5.14. The maximum Gasteiger partial charge on any atom is 0.308 e. The number of anilines is 1. The summed E-state index contributed by atoms with van der Waals surface area (Å²) in [6.45, 7) is 3.69. The molecule has 7 nitrogen and oxygen atoms in total. The van der Waals surface area contributed by atoms with Crippen LogP contribution >= 0.6 is 27.7 Å². The number of carbonyl (C=O) groups is 3. The van der Waals surface area contributed by atoms with E-state index in [1.807, 2.05) is 72.8 Å². The van der Waals surface area contributed by atoms with Crippen LogP contribution < -0.4 is 4.90 Å². The Morgan fingerprint density at radius 3 is 2.50 bits per heavy atom. The second-order valence-electron chi connectivity index (χ2n) is 10.6. The Morgan fingerprint density at radius 1 is 1.12 bits per heavy atom. The molecule has 7 atom stereocenters. The first kappa shape index (κ1) is 27.1. The zero-order chi connectivity index (χ0) is 28.2. The highest BCUT2D eigenvalue weighted by Gasteiger charge is 2.76. The number of likely N-dealkylation sites (tertiary alicyclic amines) is 1. The maximum atomic E-state index is 14.8. The van der Waals surface area contributed by atoms with Gasteiger partial charge in [-0.05, 0) is 34.9 Å². The van der Waals surface area contributed by atoms with Crippen molar-refractivity contribution in [3.05, 3.63) is 91.0 Å². The van der Waals surface area contributed by atoms with Gasteiger partial charge in [-0.25, -0.2) is 0 Å². The van der Waals surface area contributed by atoms with Crippen molar-refractivity contribution in [1.29, 1.82) is 0 Å². The quantitative estimate of drug-likeness (QED) is 0.281. The van der Waals surface area contributed by atoms with Crippen LogP contribution in [-0.2, 0) is 14.4 Å². The predicted octanol–water partition coefficient (Wildman–Crippen LogP) is 4.64. The topological polar surface area (TPSA) is 98.2 Å². The Balaban J connectivity index is 1.51. The summed E-state index contributed by atoms with van der Waals surface area (Å²) in [5, 5.41) is 22.5. The summed E-state index contributed by atoms with van der Waals surface area (Å²) in [6, 6.07) is 21.0. The van der Waals surface area contributed by atoms with Gasteiger partial charge in [-0.1, -0.05) is 82.7 Å². The molecule has 3 aliphatic rings. The number of amides is 2. The molecule has 0 aliphatic carbocycles. The molecule has 2 N–H and O–H groups in total. The van der Waals surface area contributed by atoms with Crippen LogP contribution in [0.2, 0.25) is 0 Å². The summed E-state index contributed by atoms with van der Waals surface area (Å²) in [4.78, 5) is 44.6. The zero-order valence-electron chi connectivity index (χ0n) is 21.6. The number of fused-ring (bicyclic) bond motifs is 2. The Morgan fingerprint density at radius 2 is 1.82 bits per heavy atom. The number of hydrogen-bond acceptors (Lipinski definition) is 5. The highest BCUT2D eigenvalue weighted by molar-refractivity contribution is 9.09. The SMILES string of the molecule is C=CCN(C(=O)C1N([C@H](CO)c2ccccc2)C(=O)[C@@H]2[C@@H](C(=O)O)[C@@H]3SC12CC3Br)c1ccc2ccccc2c1. The fourth-order valence-corrected chi connectivity index (χ4v) is 10.5. The van der Waals surface area contributed by atoms with Gasteiger partial charge in [0, 0.05) is 22.3 Å². The molecule has 0 radical (unpaired) electrons. The zero-order valence-corrected chi connectivity index (χ0v) is 24.0. The first-order chi connectivity index (χ1) is 19.3. The molecule has 206 valence electrons. The lowest BCUT2D eigenvalue weighted by atomic mass is 9.71. The van der Waals surface area contributed by atoms with Gasteiger partial charge in [0.05, 0.1) is 29.2 Å². The second kappa shape index (κ2) is 10.4. The molecule has 40 heavy (non-hydrogen) atoms. The number of nitrogens with zero attached hydrogens (tertiary/aromatic N) is 2. The molecule has 3 aromatic carbocycles. The minimum absolute atomic E-state index is 0.157. The minimum Gasteiger partial charge on any atom is -0.481 e. The van der Waals surface area contributed by atoms with Gasteiger partial charge < -0.3 is 20.0 Å². The number of carboxylic acid groups (broad SMARTS) is 1. The third-order valence-electron chi connectivity index (χ3n) is 8.56. The Hall–Kier alpha value is -3.14. The molecule has 2 amide bonds. The van der Waals surface area contributed by atoms with E-state index in [0.29, 0.717) is 17.7 Å². The molecular formula is C31H29BrN2O5S. The number of rotatable bonds is 8. The first-order valence-corrected chi connectivity index (χ1v) is 15.1. The average Bonchev–Trinajstić information content (AvgIpc) is 3.56. The van der Waals surface area contributed by atoms with Crippen molar-refractivity contribution in [3.8, 4) is 0 Å². The number of thioether (sulfide) groups is 1. The van der Waals surface area contributed by atoms with Crippen LogP contribution in [-0.4, -0.2) is 66.9 Å². The fourth-order valence-electron chi connectivity index (χ4n) is 6.94. The molecule has 0 saturated carbocycles. The van der Waals surface area contributed by atoms with E-state index in [9.17, 15) is 24.6 Å². The Kier molecular flexibility index (Phi) is 7.01. The monoisotopic (exact) mass is 620 g/mol. The number of benzene rings is 3. The number of halogens is 1. The van der Waals surface area contributed by atoms with Crippen LogP contribution in [0.1, 0.15) is 18.0 Å². The lowest BCUT2D eigenvalue weighted by molar-refractivity contribution is -0.149. The number of carbonyl (C=O) groups excluding carboxylic acids is 2. The molecule has 0 aromatic heterocycles. The second-order valence-corrected chi connectivity index (χ2v) is 13.3. The van der Waals surface area contributed by atoms with E-state index in [-0.39, 0.29) is 28.4 Å². The number of hydrogen-bond donors (Lipinski definition) is 2. The van der Waals surface area contributed by atoms with Crippen LogP contribution in [0.25, 0.3) is 10.8 Å². The van der Waals surface area contributed by atoms with Crippen molar-refractivity contribution >= 4 is 61.9 Å². The van der Waals surface area contributed by atoms with Crippen LogP contribution in [0.4, 0.5) is 5.69 Å². The van der Waals surface area contributed by atoms with Crippen molar-refractivity contribution in [1.82, 2.24) is 4.90 Å². The molecule has 3 aliphatic heterocycles. The number of carboxylic acids is 1. The largest absolute Gasteiger partial charge is 0.481 e. The molecule has 6 rings (SSSR count).